The lowest BCUT2D eigenvalue weighted by Gasteiger charge is -2.40. The minimum absolute atomic E-state index is 0.0488. The molecule has 1 aromatic rings. The van der Waals surface area contributed by atoms with Crippen molar-refractivity contribution in [1.82, 2.24) is 0 Å². The van der Waals surface area contributed by atoms with Crippen LogP contribution in [0.1, 0.15) is 18.4 Å². The first-order valence-electron chi connectivity index (χ1n) is 7.17. The molecule has 112 valence electrons. The first-order chi connectivity index (χ1) is 10.1. The van der Waals surface area contributed by atoms with Gasteiger partial charge >= 0.3 is 5.69 Å². The number of nitrogens with zero attached hydrogens (tertiary/aromatic N) is 1. The molecule has 3 heterocycles. The van der Waals surface area contributed by atoms with Crippen LogP contribution in [0, 0.1) is 16.0 Å². The second kappa shape index (κ2) is 5.46. The number of nitrogens with one attached hydrogen (secondary N) is 1. The third kappa shape index (κ3) is 2.52. The first-order valence-corrected chi connectivity index (χ1v) is 7.17. The van der Waals surface area contributed by atoms with Crippen molar-refractivity contribution in [2.24, 2.45) is 5.92 Å². The molecule has 3 aliphatic rings. The lowest BCUT2D eigenvalue weighted by molar-refractivity contribution is -0.880. The van der Waals surface area contributed by atoms with Crippen molar-refractivity contribution in [3.63, 3.8) is 0 Å². The normalized spacial score (nSPS) is 29.6. The number of nitro groups is 1. The fraction of sp³-hybridized carbons (Fsp3) is 0.467. The molecule has 0 amide bonds. The average molecular weight is 291 g/mol. The molecule has 2 N–H and O–H groups in total. The molecule has 1 atom stereocenters. The fourth-order valence-electron chi connectivity index (χ4n) is 3.36. The van der Waals surface area contributed by atoms with E-state index in [1.807, 2.05) is 6.08 Å². The minimum Gasteiger partial charge on any atom is -0.490 e. The van der Waals surface area contributed by atoms with Gasteiger partial charge in [-0.05, 0) is 11.6 Å². The van der Waals surface area contributed by atoms with E-state index in [1.54, 1.807) is 12.1 Å². The first kappa shape index (κ1) is 14.0. The van der Waals surface area contributed by atoms with Crippen LogP contribution in [0.3, 0.4) is 0 Å². The van der Waals surface area contributed by atoms with E-state index in [9.17, 15) is 15.2 Å². The number of quaternary nitrogens is 1. The van der Waals surface area contributed by atoms with Gasteiger partial charge in [-0.1, -0.05) is 6.07 Å². The van der Waals surface area contributed by atoms with Crippen molar-refractivity contribution >= 4 is 11.8 Å². The maximum Gasteiger partial charge on any atom is 0.311 e. The summed E-state index contributed by atoms with van der Waals surface area (Å²) in [5, 5.41) is 21.4. The fourth-order valence-corrected chi connectivity index (χ4v) is 3.36. The Morgan fingerprint density at radius 2 is 2.14 bits per heavy atom. The summed E-state index contributed by atoms with van der Waals surface area (Å²) in [5.74, 6) is 0.586. The Balaban J connectivity index is 1.96. The van der Waals surface area contributed by atoms with Crippen LogP contribution in [-0.2, 0) is 0 Å². The summed E-state index contributed by atoms with van der Waals surface area (Å²) in [6.45, 7) is 2.07. The number of ether oxygens (including phenoxy) is 1. The molecule has 1 aromatic carbocycles. The Bertz CT molecular complexity index is 587. The van der Waals surface area contributed by atoms with Gasteiger partial charge in [-0.25, -0.2) is 0 Å². The van der Waals surface area contributed by atoms with E-state index in [0.717, 1.165) is 37.2 Å². The summed E-state index contributed by atoms with van der Waals surface area (Å²) in [5.41, 5.74) is 1.64. The van der Waals surface area contributed by atoms with Gasteiger partial charge in [-0.2, -0.15) is 0 Å². The van der Waals surface area contributed by atoms with Gasteiger partial charge in [0.2, 0.25) is 0 Å². The Morgan fingerprint density at radius 1 is 1.43 bits per heavy atom. The number of aliphatic hydroxyl groups is 1. The Labute approximate surface area is 122 Å². The largest absolute Gasteiger partial charge is 0.490 e. The van der Waals surface area contributed by atoms with Crippen LogP contribution in [-0.4, -0.2) is 36.3 Å². The molecule has 21 heavy (non-hydrogen) atoms. The number of hydrogen-bond donors (Lipinski definition) is 2. The number of fused-ring (bicyclic) bond motifs is 3. The topological polar surface area (TPSA) is 77.0 Å². The highest BCUT2D eigenvalue weighted by Gasteiger charge is 2.41. The molecule has 0 spiro atoms. The Kier molecular flexibility index (Phi) is 3.65. The summed E-state index contributed by atoms with van der Waals surface area (Å²) in [6.07, 6.45) is 3.56. The van der Waals surface area contributed by atoms with Crippen LogP contribution < -0.4 is 9.64 Å². The van der Waals surface area contributed by atoms with E-state index in [2.05, 4.69) is 0 Å². The predicted octanol–water partition coefficient (Wildman–Crippen LogP) is 0.614. The van der Waals surface area contributed by atoms with Crippen molar-refractivity contribution < 1.29 is 19.7 Å². The summed E-state index contributed by atoms with van der Waals surface area (Å²) in [7, 11) is 1.42. The van der Waals surface area contributed by atoms with Gasteiger partial charge in [0.25, 0.3) is 0 Å². The number of rotatable bonds is 3. The quantitative estimate of drug-likeness (QED) is 0.632. The molecule has 6 nitrogen and oxygen atoms in total. The molecular weight excluding hydrogens is 272 g/mol. The van der Waals surface area contributed by atoms with E-state index < -0.39 is 11.0 Å². The van der Waals surface area contributed by atoms with Crippen molar-refractivity contribution in [1.29, 1.82) is 0 Å². The predicted molar refractivity (Wildman–Crippen MR) is 77.1 cm³/mol. The minimum atomic E-state index is -0.447. The zero-order valence-corrected chi connectivity index (χ0v) is 11.9. The highest BCUT2D eigenvalue weighted by atomic mass is 16.6. The standard InChI is InChI=1S/C15H18N2O4/c1-21-14-3-2-10(8-12(14)17(19)20)9-13-15(18)11-4-6-16(13)7-5-11/h2-3,8-9,11,15,18H,4-7H2,1H3/p+1/b13-9-/t15-/m1/s1. The van der Waals surface area contributed by atoms with Crippen LogP contribution in [0.2, 0.25) is 0 Å². The second-order valence-corrected chi connectivity index (χ2v) is 5.67. The van der Waals surface area contributed by atoms with Gasteiger partial charge in [-0.15, -0.1) is 0 Å². The molecule has 0 saturated carbocycles. The highest BCUT2D eigenvalue weighted by Crippen LogP contribution is 2.30. The van der Waals surface area contributed by atoms with Crippen molar-refractivity contribution in [2.45, 2.75) is 18.9 Å². The van der Waals surface area contributed by atoms with Crippen LogP contribution in [0.4, 0.5) is 5.69 Å². The highest BCUT2D eigenvalue weighted by molar-refractivity contribution is 5.60. The number of piperidine rings is 3. The molecule has 0 unspecified atom stereocenters. The number of aliphatic hydroxyl groups excluding tert-OH is 1. The summed E-state index contributed by atoms with van der Waals surface area (Å²) >= 11 is 0. The number of benzene rings is 1. The monoisotopic (exact) mass is 291 g/mol. The van der Waals surface area contributed by atoms with Crippen molar-refractivity contribution in [3.05, 3.63) is 39.6 Å². The lowest BCUT2D eigenvalue weighted by Crippen LogP contribution is -3.14. The van der Waals surface area contributed by atoms with Crippen LogP contribution >= 0.6 is 0 Å². The third-order valence-electron chi connectivity index (χ3n) is 4.53. The molecule has 3 saturated heterocycles. The maximum atomic E-state index is 11.1. The maximum absolute atomic E-state index is 11.1. The van der Waals surface area contributed by atoms with Gasteiger partial charge in [0.15, 0.2) is 5.75 Å². The van der Waals surface area contributed by atoms with Crippen LogP contribution in [0.15, 0.2) is 23.9 Å². The van der Waals surface area contributed by atoms with Crippen molar-refractivity contribution in [3.8, 4) is 5.75 Å². The van der Waals surface area contributed by atoms with E-state index in [-0.39, 0.29) is 11.4 Å². The average Bonchev–Trinajstić information content (AvgIpc) is 2.51. The summed E-state index contributed by atoms with van der Waals surface area (Å²) < 4.78 is 5.01. The number of hydrogen-bond acceptors (Lipinski definition) is 4. The van der Waals surface area contributed by atoms with Gasteiger partial charge in [0.1, 0.15) is 11.8 Å². The van der Waals surface area contributed by atoms with Gasteiger partial charge in [0, 0.05) is 30.9 Å². The number of nitro benzene ring substituents is 1. The summed E-state index contributed by atoms with van der Waals surface area (Å²) in [4.78, 5) is 11.9. The van der Waals surface area contributed by atoms with E-state index >= 15 is 0 Å². The van der Waals surface area contributed by atoms with Crippen LogP contribution in [0.25, 0.3) is 6.08 Å². The van der Waals surface area contributed by atoms with Crippen molar-refractivity contribution in [2.75, 3.05) is 20.2 Å². The SMILES string of the molecule is COc1ccc(/C=C2/[C@H](O)C3CC[NH+]2CC3)cc1[N+](=O)[O-]. The Morgan fingerprint density at radius 3 is 2.71 bits per heavy atom. The van der Waals surface area contributed by atoms with E-state index in [0.29, 0.717) is 5.92 Å². The third-order valence-corrected chi connectivity index (χ3v) is 4.53. The van der Waals surface area contributed by atoms with Crippen LogP contribution in [0.5, 0.6) is 5.75 Å². The zero-order chi connectivity index (χ0) is 15.0. The lowest BCUT2D eigenvalue weighted by atomic mass is 9.83. The van der Waals surface area contributed by atoms with E-state index in [1.165, 1.54) is 18.1 Å². The van der Waals surface area contributed by atoms with Gasteiger partial charge in [0.05, 0.1) is 25.1 Å². The summed E-state index contributed by atoms with van der Waals surface area (Å²) in [6, 6.07) is 4.89. The molecule has 2 bridgehead atoms. The molecular formula is C15H19N2O4+. The van der Waals surface area contributed by atoms with Gasteiger partial charge < -0.3 is 14.7 Å². The smallest absolute Gasteiger partial charge is 0.311 e. The second-order valence-electron chi connectivity index (χ2n) is 5.67. The number of methoxy groups -OCH3 is 1. The molecule has 0 radical (unpaired) electrons. The van der Waals surface area contributed by atoms with E-state index in [4.69, 9.17) is 4.74 Å². The molecule has 3 aliphatic heterocycles. The molecule has 0 aliphatic carbocycles. The molecule has 0 aromatic heterocycles. The zero-order valence-electron chi connectivity index (χ0n) is 11.9. The van der Waals surface area contributed by atoms with Gasteiger partial charge in [-0.3, -0.25) is 10.1 Å². The Hall–Kier alpha value is -1.92. The molecule has 6 heteroatoms. The molecule has 3 fully saturated rings. The molecule has 4 rings (SSSR count).